The third kappa shape index (κ3) is 4.62. The topological polar surface area (TPSA) is 71.5 Å². The molecule has 0 spiro atoms. The van der Waals surface area contributed by atoms with Gasteiger partial charge in [-0.05, 0) is 48.9 Å². The molecule has 0 atom stereocenters. The van der Waals surface area contributed by atoms with Crippen LogP contribution in [0.15, 0.2) is 39.6 Å². The number of imide groups is 1. The normalized spacial score (nSPS) is 19.6. The van der Waals surface area contributed by atoms with Crippen molar-refractivity contribution in [2.45, 2.75) is 36.5 Å². The summed E-state index contributed by atoms with van der Waals surface area (Å²) in [5, 5.41) is -0.466. The zero-order valence-electron chi connectivity index (χ0n) is 15.0. The van der Waals surface area contributed by atoms with Crippen molar-refractivity contribution >= 4 is 32.7 Å². The predicted octanol–water partition coefficient (Wildman–Crippen LogP) is 3.60. The lowest BCUT2D eigenvalue weighted by Crippen LogP contribution is -2.29. The number of allylic oxidation sites excluding steroid dienone is 1. The molecule has 0 unspecified atom stereocenters. The molecule has 1 aromatic rings. The van der Waals surface area contributed by atoms with Gasteiger partial charge in [-0.25, -0.2) is 17.2 Å². The lowest BCUT2D eigenvalue weighted by Gasteiger charge is -2.24. The summed E-state index contributed by atoms with van der Waals surface area (Å²) in [5.41, 5.74) is 1.16. The molecular formula is C19H17F2NO4S2. The fourth-order valence-corrected chi connectivity index (χ4v) is 4.51. The van der Waals surface area contributed by atoms with Crippen molar-refractivity contribution in [2.75, 3.05) is 12.8 Å². The van der Waals surface area contributed by atoms with Crippen molar-refractivity contribution in [1.82, 2.24) is 4.90 Å². The minimum atomic E-state index is -3.29. The van der Waals surface area contributed by atoms with Crippen LogP contribution in [0.2, 0.25) is 0 Å². The molecule has 0 aromatic heterocycles. The fraction of sp³-hybridized carbons (Fsp3) is 0.368. The molecule has 0 N–H and O–H groups in total. The summed E-state index contributed by atoms with van der Waals surface area (Å²) >= 11 is 0.777. The molecule has 0 radical (unpaired) electrons. The SMILES string of the molecule is CS(=O)(=O)c1ccc(C#CCN2C(=O)SC(=C3CCC(F)(F)CC3)C2=O)cc1. The first-order valence-corrected chi connectivity index (χ1v) is 11.2. The van der Waals surface area contributed by atoms with Gasteiger partial charge in [-0.2, -0.15) is 0 Å². The molecule has 2 aliphatic rings. The average molecular weight is 425 g/mol. The van der Waals surface area contributed by atoms with E-state index in [-0.39, 0.29) is 42.0 Å². The van der Waals surface area contributed by atoms with Crippen molar-refractivity contribution in [3.63, 3.8) is 0 Å². The number of hydrogen-bond acceptors (Lipinski definition) is 5. The van der Waals surface area contributed by atoms with Crippen molar-refractivity contribution < 1.29 is 26.8 Å². The first kappa shape index (κ1) is 20.6. The molecule has 1 heterocycles. The van der Waals surface area contributed by atoms with E-state index in [9.17, 15) is 26.8 Å². The second-order valence-corrected chi connectivity index (χ2v) is 9.62. The minimum Gasteiger partial charge on any atom is -0.268 e. The quantitative estimate of drug-likeness (QED) is 0.535. The second kappa shape index (κ2) is 7.68. The Hall–Kier alpha value is -2.18. The maximum Gasteiger partial charge on any atom is 0.294 e. The molecule has 148 valence electrons. The van der Waals surface area contributed by atoms with Gasteiger partial charge in [0.2, 0.25) is 5.92 Å². The van der Waals surface area contributed by atoms with E-state index < -0.39 is 26.9 Å². The van der Waals surface area contributed by atoms with E-state index in [0.717, 1.165) is 22.9 Å². The van der Waals surface area contributed by atoms with E-state index in [0.29, 0.717) is 11.1 Å². The Labute approximate surface area is 166 Å². The number of benzene rings is 1. The number of amides is 2. The molecule has 2 fully saturated rings. The molecule has 1 saturated heterocycles. The summed E-state index contributed by atoms with van der Waals surface area (Å²) in [7, 11) is -3.29. The van der Waals surface area contributed by atoms with Gasteiger partial charge in [0, 0.05) is 24.7 Å². The van der Waals surface area contributed by atoms with Crippen LogP contribution in [0.5, 0.6) is 0 Å². The van der Waals surface area contributed by atoms with Crippen LogP contribution in [0.25, 0.3) is 0 Å². The van der Waals surface area contributed by atoms with Crippen molar-refractivity contribution in [2.24, 2.45) is 0 Å². The Morgan fingerprint density at radius 3 is 2.32 bits per heavy atom. The standard InChI is InChI=1S/C19H17F2NO4S2/c1-28(25,26)15-6-4-13(5-7-15)3-2-12-22-17(23)16(27-18(22)24)14-8-10-19(20,21)11-9-14/h4-7H,8-12H2,1H3. The molecule has 2 amide bonds. The molecule has 1 aliphatic carbocycles. The predicted molar refractivity (Wildman–Crippen MR) is 102 cm³/mol. The number of nitrogens with zero attached hydrogens (tertiary/aromatic N) is 1. The monoisotopic (exact) mass is 425 g/mol. The number of carbonyl (C=O) groups excluding carboxylic acids is 2. The second-order valence-electron chi connectivity index (χ2n) is 6.65. The van der Waals surface area contributed by atoms with Crippen LogP contribution in [0.3, 0.4) is 0 Å². The molecule has 3 rings (SSSR count). The zero-order chi connectivity index (χ0) is 20.5. The maximum atomic E-state index is 13.3. The molecular weight excluding hydrogens is 408 g/mol. The third-order valence-electron chi connectivity index (χ3n) is 4.51. The Morgan fingerprint density at radius 1 is 1.14 bits per heavy atom. The van der Waals surface area contributed by atoms with E-state index in [1.165, 1.54) is 12.1 Å². The summed E-state index contributed by atoms with van der Waals surface area (Å²) in [6.45, 7) is -0.120. The summed E-state index contributed by atoms with van der Waals surface area (Å²) in [4.78, 5) is 26.0. The Morgan fingerprint density at radius 2 is 1.75 bits per heavy atom. The molecule has 1 aromatic carbocycles. The number of hydrogen-bond donors (Lipinski definition) is 0. The van der Waals surface area contributed by atoms with Crippen LogP contribution in [0, 0.1) is 11.8 Å². The number of halogens is 2. The highest BCUT2D eigenvalue weighted by Crippen LogP contribution is 2.42. The summed E-state index contributed by atoms with van der Waals surface area (Å²) < 4.78 is 49.5. The van der Waals surface area contributed by atoms with Crippen LogP contribution in [0.4, 0.5) is 13.6 Å². The van der Waals surface area contributed by atoms with Gasteiger partial charge in [-0.1, -0.05) is 17.4 Å². The van der Waals surface area contributed by atoms with E-state index in [4.69, 9.17) is 0 Å². The first-order valence-electron chi connectivity index (χ1n) is 8.49. The highest BCUT2D eigenvalue weighted by Gasteiger charge is 2.40. The smallest absolute Gasteiger partial charge is 0.268 e. The van der Waals surface area contributed by atoms with E-state index in [2.05, 4.69) is 11.8 Å². The fourth-order valence-electron chi connectivity index (χ4n) is 2.90. The number of rotatable bonds is 2. The molecule has 0 bridgehead atoms. The highest BCUT2D eigenvalue weighted by molar-refractivity contribution is 8.18. The molecule has 1 saturated carbocycles. The molecule has 5 nitrogen and oxygen atoms in total. The van der Waals surface area contributed by atoms with E-state index in [1.807, 2.05) is 0 Å². The van der Waals surface area contributed by atoms with Crippen LogP contribution in [-0.2, 0) is 14.6 Å². The first-order chi connectivity index (χ1) is 13.1. The van der Waals surface area contributed by atoms with Crippen molar-refractivity contribution in [3.05, 3.63) is 40.3 Å². The Bertz CT molecular complexity index is 1010. The highest BCUT2D eigenvalue weighted by atomic mass is 32.2. The number of carbonyl (C=O) groups is 2. The Kier molecular flexibility index (Phi) is 5.64. The Balaban J connectivity index is 1.68. The zero-order valence-corrected chi connectivity index (χ0v) is 16.6. The lowest BCUT2D eigenvalue weighted by molar-refractivity contribution is -0.122. The van der Waals surface area contributed by atoms with Gasteiger partial charge in [0.15, 0.2) is 9.84 Å². The van der Waals surface area contributed by atoms with Gasteiger partial charge >= 0.3 is 0 Å². The third-order valence-corrected chi connectivity index (χ3v) is 6.70. The summed E-state index contributed by atoms with van der Waals surface area (Å²) in [5.74, 6) is 2.31. The largest absolute Gasteiger partial charge is 0.294 e. The molecule has 1 aliphatic heterocycles. The lowest BCUT2D eigenvalue weighted by atomic mass is 9.91. The summed E-state index contributed by atoms with van der Waals surface area (Å²) in [6, 6.07) is 5.95. The number of alkyl halides is 2. The van der Waals surface area contributed by atoms with Crippen LogP contribution in [-0.4, -0.2) is 43.2 Å². The van der Waals surface area contributed by atoms with Gasteiger partial charge in [0.05, 0.1) is 16.3 Å². The van der Waals surface area contributed by atoms with Crippen LogP contribution in [0.1, 0.15) is 31.2 Å². The van der Waals surface area contributed by atoms with E-state index >= 15 is 0 Å². The molecule has 9 heteroatoms. The van der Waals surface area contributed by atoms with Gasteiger partial charge in [0.1, 0.15) is 0 Å². The van der Waals surface area contributed by atoms with Gasteiger partial charge in [-0.15, -0.1) is 0 Å². The van der Waals surface area contributed by atoms with Crippen LogP contribution >= 0.6 is 11.8 Å². The number of thioether (sulfide) groups is 1. The van der Waals surface area contributed by atoms with Crippen molar-refractivity contribution in [3.8, 4) is 11.8 Å². The summed E-state index contributed by atoms with van der Waals surface area (Å²) in [6.07, 6.45) is 0.713. The average Bonchev–Trinajstić information content (AvgIpc) is 2.89. The van der Waals surface area contributed by atoms with Crippen LogP contribution < -0.4 is 0 Å². The maximum absolute atomic E-state index is 13.3. The van der Waals surface area contributed by atoms with Gasteiger partial charge in [0.25, 0.3) is 11.1 Å². The minimum absolute atomic E-state index is 0.112. The number of sulfone groups is 1. The van der Waals surface area contributed by atoms with Crippen molar-refractivity contribution in [1.29, 1.82) is 0 Å². The van der Waals surface area contributed by atoms with Gasteiger partial charge in [-0.3, -0.25) is 14.5 Å². The van der Waals surface area contributed by atoms with Gasteiger partial charge < -0.3 is 0 Å². The van der Waals surface area contributed by atoms with E-state index in [1.54, 1.807) is 12.1 Å². The molecule has 28 heavy (non-hydrogen) atoms.